The number of hydrogen-bond acceptors (Lipinski definition) is 2. The van der Waals surface area contributed by atoms with E-state index in [1.54, 1.807) is 6.92 Å². The number of carbonyl (C=O) groups is 1. The third kappa shape index (κ3) is 4.32. The standard InChI is InChI=1S/C18H21NO/c1-15(20)12-13-19(2)14-16-8-10-18(11-9-16)17-6-4-3-5-7-17/h3-11H,12-14H2,1-2H3. The van der Waals surface area contributed by atoms with E-state index in [1.807, 2.05) is 13.1 Å². The molecule has 2 heteroatoms. The van der Waals surface area contributed by atoms with Crippen LogP contribution in [0.3, 0.4) is 0 Å². The molecule has 0 fully saturated rings. The first-order valence-electron chi connectivity index (χ1n) is 6.97. The number of hydrogen-bond donors (Lipinski definition) is 0. The largest absolute Gasteiger partial charge is 0.302 e. The Hall–Kier alpha value is -1.93. The van der Waals surface area contributed by atoms with Crippen molar-refractivity contribution in [3.8, 4) is 11.1 Å². The molecule has 0 saturated heterocycles. The van der Waals surface area contributed by atoms with Gasteiger partial charge in [0, 0.05) is 19.5 Å². The summed E-state index contributed by atoms with van der Waals surface area (Å²) in [5.74, 6) is 0.247. The molecule has 0 unspecified atom stereocenters. The lowest BCUT2D eigenvalue weighted by molar-refractivity contribution is -0.117. The molecular formula is C18H21NO. The van der Waals surface area contributed by atoms with Gasteiger partial charge in [-0.1, -0.05) is 54.6 Å². The monoisotopic (exact) mass is 267 g/mol. The van der Waals surface area contributed by atoms with Gasteiger partial charge in [-0.05, 0) is 30.7 Å². The van der Waals surface area contributed by atoms with E-state index >= 15 is 0 Å². The normalized spacial score (nSPS) is 10.8. The van der Waals surface area contributed by atoms with Crippen molar-refractivity contribution in [2.75, 3.05) is 13.6 Å². The molecule has 0 atom stereocenters. The molecule has 0 aliphatic heterocycles. The predicted molar refractivity (Wildman–Crippen MR) is 83.5 cm³/mol. The molecule has 20 heavy (non-hydrogen) atoms. The van der Waals surface area contributed by atoms with Crippen molar-refractivity contribution in [1.82, 2.24) is 4.90 Å². The summed E-state index contributed by atoms with van der Waals surface area (Å²) in [6.45, 7) is 3.33. The molecule has 0 aliphatic carbocycles. The van der Waals surface area contributed by atoms with Crippen LogP contribution < -0.4 is 0 Å². The second kappa shape index (κ2) is 7.01. The Morgan fingerprint density at radius 1 is 0.950 bits per heavy atom. The molecule has 0 bridgehead atoms. The molecular weight excluding hydrogens is 246 g/mol. The minimum atomic E-state index is 0.247. The number of benzene rings is 2. The molecule has 2 rings (SSSR count). The Bertz CT molecular complexity index is 545. The average molecular weight is 267 g/mol. The van der Waals surface area contributed by atoms with Crippen LogP contribution >= 0.6 is 0 Å². The Balaban J connectivity index is 1.96. The zero-order chi connectivity index (χ0) is 14.4. The van der Waals surface area contributed by atoms with Crippen LogP contribution in [0.15, 0.2) is 54.6 Å². The molecule has 0 heterocycles. The molecule has 0 radical (unpaired) electrons. The van der Waals surface area contributed by atoms with E-state index in [9.17, 15) is 4.79 Å². The van der Waals surface area contributed by atoms with E-state index in [4.69, 9.17) is 0 Å². The van der Waals surface area contributed by atoms with Gasteiger partial charge in [-0.25, -0.2) is 0 Å². The molecule has 0 spiro atoms. The van der Waals surface area contributed by atoms with Crippen LogP contribution in [0.1, 0.15) is 18.9 Å². The lowest BCUT2D eigenvalue weighted by Crippen LogP contribution is -2.20. The predicted octanol–water partition coefficient (Wildman–Crippen LogP) is 3.76. The third-order valence-corrected chi connectivity index (χ3v) is 3.36. The maximum absolute atomic E-state index is 11.0. The number of rotatable bonds is 6. The van der Waals surface area contributed by atoms with Crippen LogP contribution in [-0.2, 0) is 11.3 Å². The highest BCUT2D eigenvalue weighted by Crippen LogP contribution is 2.19. The molecule has 104 valence electrons. The maximum Gasteiger partial charge on any atom is 0.131 e. The van der Waals surface area contributed by atoms with Crippen LogP contribution in [0.5, 0.6) is 0 Å². The fourth-order valence-electron chi connectivity index (χ4n) is 2.17. The van der Waals surface area contributed by atoms with Gasteiger partial charge in [-0.15, -0.1) is 0 Å². The number of nitrogens with zero attached hydrogens (tertiary/aromatic N) is 1. The Morgan fingerprint density at radius 3 is 2.15 bits per heavy atom. The first-order valence-corrected chi connectivity index (χ1v) is 6.97. The van der Waals surface area contributed by atoms with Gasteiger partial charge in [0.2, 0.25) is 0 Å². The highest BCUT2D eigenvalue weighted by molar-refractivity contribution is 5.75. The van der Waals surface area contributed by atoms with Gasteiger partial charge in [0.05, 0.1) is 0 Å². The van der Waals surface area contributed by atoms with Crippen molar-refractivity contribution < 1.29 is 4.79 Å². The summed E-state index contributed by atoms with van der Waals surface area (Å²) in [5, 5.41) is 0. The van der Waals surface area contributed by atoms with Crippen molar-refractivity contribution in [3.63, 3.8) is 0 Å². The molecule has 2 aromatic carbocycles. The summed E-state index contributed by atoms with van der Waals surface area (Å²) in [7, 11) is 2.05. The van der Waals surface area contributed by atoms with E-state index in [0.717, 1.165) is 13.1 Å². The summed E-state index contributed by atoms with van der Waals surface area (Å²) in [6.07, 6.45) is 0.624. The van der Waals surface area contributed by atoms with Gasteiger partial charge in [0.1, 0.15) is 5.78 Å². The number of Topliss-reactive ketones (excluding diaryl/α,β-unsaturated/α-hetero) is 1. The van der Waals surface area contributed by atoms with Gasteiger partial charge in [0.15, 0.2) is 0 Å². The van der Waals surface area contributed by atoms with Crippen LogP contribution in [-0.4, -0.2) is 24.3 Å². The Kier molecular flexibility index (Phi) is 5.08. The van der Waals surface area contributed by atoms with E-state index in [0.29, 0.717) is 6.42 Å². The summed E-state index contributed by atoms with van der Waals surface area (Å²) in [6, 6.07) is 19.0. The second-order valence-corrected chi connectivity index (χ2v) is 5.25. The van der Waals surface area contributed by atoms with Crippen molar-refractivity contribution in [3.05, 3.63) is 60.2 Å². The quantitative estimate of drug-likeness (QED) is 0.794. The van der Waals surface area contributed by atoms with Crippen molar-refractivity contribution in [2.24, 2.45) is 0 Å². The average Bonchev–Trinajstić information content (AvgIpc) is 2.47. The van der Waals surface area contributed by atoms with Crippen LogP contribution in [0.2, 0.25) is 0 Å². The van der Waals surface area contributed by atoms with Crippen LogP contribution in [0.4, 0.5) is 0 Å². The summed E-state index contributed by atoms with van der Waals surface area (Å²) in [4.78, 5) is 13.2. The van der Waals surface area contributed by atoms with Crippen LogP contribution in [0, 0.1) is 0 Å². The van der Waals surface area contributed by atoms with E-state index in [1.165, 1.54) is 16.7 Å². The number of ketones is 1. The smallest absolute Gasteiger partial charge is 0.131 e. The highest BCUT2D eigenvalue weighted by Gasteiger charge is 2.03. The minimum absolute atomic E-state index is 0.247. The van der Waals surface area contributed by atoms with Crippen LogP contribution in [0.25, 0.3) is 11.1 Å². The molecule has 0 saturated carbocycles. The van der Waals surface area contributed by atoms with Crippen molar-refractivity contribution in [2.45, 2.75) is 19.9 Å². The lowest BCUT2D eigenvalue weighted by Gasteiger charge is -2.16. The second-order valence-electron chi connectivity index (χ2n) is 5.25. The summed E-state index contributed by atoms with van der Waals surface area (Å²) >= 11 is 0. The lowest BCUT2D eigenvalue weighted by atomic mass is 10.0. The van der Waals surface area contributed by atoms with Crippen molar-refractivity contribution >= 4 is 5.78 Å². The minimum Gasteiger partial charge on any atom is -0.302 e. The summed E-state index contributed by atoms with van der Waals surface area (Å²) in [5.41, 5.74) is 3.75. The molecule has 2 aromatic rings. The zero-order valence-corrected chi connectivity index (χ0v) is 12.2. The van der Waals surface area contributed by atoms with Gasteiger partial charge >= 0.3 is 0 Å². The first-order chi connectivity index (χ1) is 9.65. The van der Waals surface area contributed by atoms with E-state index in [2.05, 4.69) is 53.4 Å². The van der Waals surface area contributed by atoms with Gasteiger partial charge in [-0.3, -0.25) is 4.79 Å². The fraction of sp³-hybridized carbons (Fsp3) is 0.278. The Morgan fingerprint density at radius 2 is 1.55 bits per heavy atom. The number of carbonyl (C=O) groups excluding carboxylic acids is 1. The molecule has 0 N–H and O–H groups in total. The maximum atomic E-state index is 11.0. The van der Waals surface area contributed by atoms with Crippen molar-refractivity contribution in [1.29, 1.82) is 0 Å². The molecule has 2 nitrogen and oxygen atoms in total. The SMILES string of the molecule is CC(=O)CCN(C)Cc1ccc(-c2ccccc2)cc1. The third-order valence-electron chi connectivity index (χ3n) is 3.36. The molecule has 0 aliphatic rings. The van der Waals surface area contributed by atoms with E-state index < -0.39 is 0 Å². The Labute approximate surface area is 121 Å². The first kappa shape index (κ1) is 14.5. The van der Waals surface area contributed by atoms with Gasteiger partial charge in [-0.2, -0.15) is 0 Å². The molecule has 0 amide bonds. The fourth-order valence-corrected chi connectivity index (χ4v) is 2.17. The topological polar surface area (TPSA) is 20.3 Å². The molecule has 0 aromatic heterocycles. The van der Waals surface area contributed by atoms with Gasteiger partial charge in [0.25, 0.3) is 0 Å². The zero-order valence-electron chi connectivity index (χ0n) is 12.2. The highest BCUT2D eigenvalue weighted by atomic mass is 16.1. The van der Waals surface area contributed by atoms with Gasteiger partial charge < -0.3 is 4.90 Å². The van der Waals surface area contributed by atoms with E-state index in [-0.39, 0.29) is 5.78 Å². The summed E-state index contributed by atoms with van der Waals surface area (Å²) < 4.78 is 0.